The van der Waals surface area contributed by atoms with Crippen LogP contribution in [0.1, 0.15) is 10.5 Å². The molecule has 0 radical (unpaired) electrons. The van der Waals surface area contributed by atoms with Crippen LogP contribution < -0.4 is 4.74 Å². The highest BCUT2D eigenvalue weighted by molar-refractivity contribution is 5.94. The van der Waals surface area contributed by atoms with E-state index in [-0.39, 0.29) is 16.6 Å². The third-order valence-corrected chi connectivity index (χ3v) is 2.13. The van der Waals surface area contributed by atoms with Crippen LogP contribution in [-0.2, 0) is 0 Å². The van der Waals surface area contributed by atoms with Crippen molar-refractivity contribution in [3.8, 4) is 5.75 Å². The zero-order valence-corrected chi connectivity index (χ0v) is 8.51. The van der Waals surface area contributed by atoms with Crippen molar-refractivity contribution in [2.24, 2.45) is 0 Å². The van der Waals surface area contributed by atoms with E-state index in [1.807, 2.05) is 0 Å². The largest absolute Gasteiger partial charge is 0.573 e. The molecule has 18 heavy (non-hydrogen) atoms. The number of aromatic nitrogens is 1. The van der Waals surface area contributed by atoms with Crippen LogP contribution in [0.25, 0.3) is 10.9 Å². The topological polar surface area (TPSA) is 62.3 Å². The van der Waals surface area contributed by atoms with E-state index in [1.165, 1.54) is 0 Å². The molecule has 2 N–H and O–H groups in total. The maximum Gasteiger partial charge on any atom is 0.573 e. The standard InChI is InChI=1S/C10H5F4NO3/c11-5-3-6-4(1-7(15-6)9(16)17)2-8(5)18-10(12,13)14/h1-3,15H,(H,16,17). The van der Waals surface area contributed by atoms with Crippen LogP contribution in [0.3, 0.4) is 0 Å². The number of H-pyrrole nitrogens is 1. The first-order chi connectivity index (χ1) is 8.26. The van der Waals surface area contributed by atoms with Gasteiger partial charge in [0, 0.05) is 17.0 Å². The minimum absolute atomic E-state index is 0.0689. The molecule has 2 aromatic rings. The van der Waals surface area contributed by atoms with E-state index in [4.69, 9.17) is 5.11 Å². The lowest BCUT2D eigenvalue weighted by Gasteiger charge is -2.09. The number of fused-ring (bicyclic) bond motifs is 1. The van der Waals surface area contributed by atoms with E-state index in [0.717, 1.165) is 18.2 Å². The van der Waals surface area contributed by atoms with Crippen molar-refractivity contribution in [2.45, 2.75) is 6.36 Å². The predicted molar refractivity (Wildman–Crippen MR) is 51.9 cm³/mol. The lowest BCUT2D eigenvalue weighted by atomic mass is 10.2. The summed E-state index contributed by atoms with van der Waals surface area (Å²) in [4.78, 5) is 13.0. The summed E-state index contributed by atoms with van der Waals surface area (Å²) >= 11 is 0. The van der Waals surface area contributed by atoms with Gasteiger partial charge in [0.05, 0.1) is 0 Å². The monoisotopic (exact) mass is 263 g/mol. The minimum atomic E-state index is -5.01. The molecule has 4 nitrogen and oxygen atoms in total. The normalized spacial score (nSPS) is 11.8. The van der Waals surface area contributed by atoms with E-state index in [1.54, 1.807) is 0 Å². The zero-order chi connectivity index (χ0) is 13.5. The molecule has 0 aliphatic heterocycles. The first-order valence-corrected chi connectivity index (χ1v) is 4.57. The van der Waals surface area contributed by atoms with Gasteiger partial charge < -0.3 is 14.8 Å². The highest BCUT2D eigenvalue weighted by atomic mass is 19.4. The van der Waals surface area contributed by atoms with Crippen molar-refractivity contribution >= 4 is 16.9 Å². The number of hydrogen-bond acceptors (Lipinski definition) is 2. The van der Waals surface area contributed by atoms with Crippen LogP contribution in [0.15, 0.2) is 18.2 Å². The molecule has 0 atom stereocenters. The molecular weight excluding hydrogens is 258 g/mol. The number of hydrogen-bond donors (Lipinski definition) is 2. The van der Waals surface area contributed by atoms with Gasteiger partial charge in [-0.15, -0.1) is 13.2 Å². The van der Waals surface area contributed by atoms with Gasteiger partial charge in [-0.2, -0.15) is 0 Å². The summed E-state index contributed by atoms with van der Waals surface area (Å²) < 4.78 is 52.6. The van der Waals surface area contributed by atoms with Crippen molar-refractivity contribution < 1.29 is 32.2 Å². The van der Waals surface area contributed by atoms with Crippen LogP contribution in [0, 0.1) is 5.82 Å². The molecule has 0 aliphatic rings. The Balaban J connectivity index is 2.50. The Bertz CT molecular complexity index is 617. The quantitative estimate of drug-likeness (QED) is 0.819. The number of aromatic carboxylic acids is 1. The fourth-order valence-electron chi connectivity index (χ4n) is 1.45. The Kier molecular flexibility index (Phi) is 2.64. The number of halogens is 4. The molecule has 0 amide bonds. The summed E-state index contributed by atoms with van der Waals surface area (Å²) in [6, 6.07) is 2.60. The molecule has 0 aliphatic carbocycles. The molecule has 1 aromatic carbocycles. The minimum Gasteiger partial charge on any atom is -0.477 e. The molecule has 0 bridgehead atoms. The Morgan fingerprint density at radius 3 is 2.50 bits per heavy atom. The second-order valence-electron chi connectivity index (χ2n) is 3.41. The number of carbonyl (C=O) groups is 1. The lowest BCUT2D eigenvalue weighted by molar-refractivity contribution is -0.275. The van der Waals surface area contributed by atoms with Crippen LogP contribution in [0.5, 0.6) is 5.75 Å². The fraction of sp³-hybridized carbons (Fsp3) is 0.100. The fourth-order valence-corrected chi connectivity index (χ4v) is 1.45. The maximum atomic E-state index is 13.3. The molecule has 1 aromatic heterocycles. The predicted octanol–water partition coefficient (Wildman–Crippen LogP) is 2.90. The first kappa shape index (κ1) is 12.2. The second-order valence-corrected chi connectivity index (χ2v) is 3.41. The number of benzene rings is 1. The zero-order valence-electron chi connectivity index (χ0n) is 8.51. The van der Waals surface area contributed by atoms with Gasteiger partial charge in [-0.05, 0) is 12.1 Å². The number of rotatable bonds is 2. The Labute approximate surface area is 96.8 Å². The van der Waals surface area contributed by atoms with Gasteiger partial charge in [-0.1, -0.05) is 0 Å². The van der Waals surface area contributed by atoms with Crippen molar-refractivity contribution in [1.29, 1.82) is 0 Å². The summed E-state index contributed by atoms with van der Waals surface area (Å²) in [5.41, 5.74) is -0.187. The Morgan fingerprint density at radius 1 is 1.28 bits per heavy atom. The van der Waals surface area contributed by atoms with Crippen LogP contribution in [0.4, 0.5) is 17.6 Å². The number of nitrogens with one attached hydrogen (secondary N) is 1. The number of carboxylic acid groups (broad SMARTS) is 1. The molecule has 0 saturated carbocycles. The van der Waals surface area contributed by atoms with Gasteiger partial charge in [-0.25, -0.2) is 9.18 Å². The Hall–Kier alpha value is -2.25. The molecule has 1 heterocycles. The molecule has 8 heteroatoms. The van der Waals surface area contributed by atoms with E-state index in [9.17, 15) is 22.4 Å². The van der Waals surface area contributed by atoms with Gasteiger partial charge in [-0.3, -0.25) is 0 Å². The molecular formula is C10H5F4NO3. The van der Waals surface area contributed by atoms with Gasteiger partial charge in [0.15, 0.2) is 11.6 Å². The van der Waals surface area contributed by atoms with Crippen LogP contribution >= 0.6 is 0 Å². The van der Waals surface area contributed by atoms with Crippen LogP contribution in [-0.4, -0.2) is 22.4 Å². The van der Waals surface area contributed by atoms with Gasteiger partial charge in [0.1, 0.15) is 5.69 Å². The number of alkyl halides is 3. The lowest BCUT2D eigenvalue weighted by Crippen LogP contribution is -2.17. The summed E-state index contributed by atoms with van der Waals surface area (Å²) in [6.07, 6.45) is -5.01. The van der Waals surface area contributed by atoms with E-state index >= 15 is 0 Å². The van der Waals surface area contributed by atoms with Gasteiger partial charge in [0.25, 0.3) is 0 Å². The van der Waals surface area contributed by atoms with E-state index in [2.05, 4.69) is 9.72 Å². The highest BCUT2D eigenvalue weighted by Gasteiger charge is 2.32. The number of ether oxygens (including phenoxy) is 1. The van der Waals surface area contributed by atoms with Crippen molar-refractivity contribution in [2.75, 3.05) is 0 Å². The highest BCUT2D eigenvalue weighted by Crippen LogP contribution is 2.29. The smallest absolute Gasteiger partial charge is 0.477 e. The molecule has 0 fully saturated rings. The van der Waals surface area contributed by atoms with E-state index < -0.39 is 23.9 Å². The van der Waals surface area contributed by atoms with Crippen molar-refractivity contribution in [3.63, 3.8) is 0 Å². The summed E-state index contributed by atoms with van der Waals surface area (Å²) in [5.74, 6) is -3.55. The molecule has 0 unspecified atom stereocenters. The SMILES string of the molecule is O=C(O)c1cc2cc(OC(F)(F)F)c(F)cc2[nH]1. The Morgan fingerprint density at radius 2 is 1.94 bits per heavy atom. The van der Waals surface area contributed by atoms with Crippen LogP contribution in [0.2, 0.25) is 0 Å². The first-order valence-electron chi connectivity index (χ1n) is 4.57. The average Bonchev–Trinajstić information content (AvgIpc) is 2.59. The van der Waals surface area contributed by atoms with Gasteiger partial charge >= 0.3 is 12.3 Å². The second kappa shape index (κ2) is 3.90. The molecule has 0 saturated heterocycles. The van der Waals surface area contributed by atoms with E-state index in [0.29, 0.717) is 0 Å². The van der Waals surface area contributed by atoms with Crippen molar-refractivity contribution in [1.82, 2.24) is 4.98 Å². The average molecular weight is 263 g/mol. The molecule has 0 spiro atoms. The third-order valence-electron chi connectivity index (χ3n) is 2.13. The molecule has 96 valence electrons. The third kappa shape index (κ3) is 2.36. The maximum absolute atomic E-state index is 13.3. The van der Waals surface area contributed by atoms with Gasteiger partial charge in [0.2, 0.25) is 0 Å². The molecule has 2 rings (SSSR count). The summed E-state index contributed by atoms with van der Waals surface area (Å²) in [5, 5.41) is 8.78. The summed E-state index contributed by atoms with van der Waals surface area (Å²) in [6.45, 7) is 0. The number of carboxylic acids is 1. The summed E-state index contributed by atoms with van der Waals surface area (Å²) in [7, 11) is 0. The van der Waals surface area contributed by atoms with Crippen molar-refractivity contribution in [3.05, 3.63) is 29.7 Å². The number of aromatic amines is 1.